The lowest BCUT2D eigenvalue weighted by Gasteiger charge is -2.21. The third kappa shape index (κ3) is 2.22. The number of ether oxygens (including phenoxy) is 1. The number of nitrogens with two attached hydrogens (primary N) is 1. The van der Waals surface area contributed by atoms with Gasteiger partial charge in [0.05, 0.1) is 18.3 Å². The lowest BCUT2D eigenvalue weighted by Crippen LogP contribution is -2.39. The van der Waals surface area contributed by atoms with Gasteiger partial charge in [0, 0.05) is 11.8 Å². The van der Waals surface area contributed by atoms with Gasteiger partial charge in [-0.25, -0.2) is 9.97 Å². The van der Waals surface area contributed by atoms with E-state index in [1.54, 1.807) is 12.1 Å². The quantitative estimate of drug-likeness (QED) is 0.647. The molecule has 0 radical (unpaired) electrons. The van der Waals surface area contributed by atoms with E-state index in [4.69, 9.17) is 20.0 Å². The molecule has 3 atom stereocenters. The van der Waals surface area contributed by atoms with Crippen molar-refractivity contribution < 1.29 is 28.1 Å². The Morgan fingerprint density at radius 2 is 2.16 bits per heavy atom. The van der Waals surface area contributed by atoms with Gasteiger partial charge >= 0.3 is 5.92 Å². The first kappa shape index (κ1) is 15.9. The Hall–Kier alpha value is -2.56. The number of aromatic nitrogens is 3. The molecule has 1 aliphatic rings. The zero-order valence-corrected chi connectivity index (χ0v) is 12.7. The third-order valence-electron chi connectivity index (χ3n) is 4.24. The summed E-state index contributed by atoms with van der Waals surface area (Å²) in [6, 6.07) is 3.29. The van der Waals surface area contributed by atoms with Crippen molar-refractivity contribution >= 4 is 16.9 Å². The van der Waals surface area contributed by atoms with Crippen LogP contribution in [0.3, 0.4) is 0 Å². The highest BCUT2D eigenvalue weighted by molar-refractivity contribution is 5.99. The Kier molecular flexibility index (Phi) is 3.49. The summed E-state index contributed by atoms with van der Waals surface area (Å²) in [5, 5.41) is 19.2. The number of anilines is 1. The molecular weight excluding hydrogens is 338 g/mol. The van der Waals surface area contributed by atoms with E-state index in [-0.39, 0.29) is 11.5 Å². The van der Waals surface area contributed by atoms with Crippen LogP contribution in [0.5, 0.6) is 0 Å². The van der Waals surface area contributed by atoms with E-state index in [2.05, 4.69) is 9.97 Å². The highest BCUT2D eigenvalue weighted by atomic mass is 19.3. The van der Waals surface area contributed by atoms with E-state index in [0.717, 1.165) is 10.9 Å². The summed E-state index contributed by atoms with van der Waals surface area (Å²) in [6.45, 7) is -0.741. The molecule has 1 aliphatic heterocycles. The van der Waals surface area contributed by atoms with Crippen LogP contribution in [0, 0.1) is 0 Å². The fourth-order valence-electron chi connectivity index (χ4n) is 3.02. The molecule has 0 spiro atoms. The average molecular weight is 352 g/mol. The average Bonchev–Trinajstić information content (AvgIpc) is 3.27. The first-order chi connectivity index (χ1) is 11.9. The largest absolute Gasteiger partial charge is 0.464 e. The summed E-state index contributed by atoms with van der Waals surface area (Å²) in [5.74, 6) is -3.15. The number of aliphatic hydroxyl groups is 2. The molecule has 0 aliphatic carbocycles. The minimum Gasteiger partial charge on any atom is -0.464 e. The van der Waals surface area contributed by atoms with Gasteiger partial charge < -0.3 is 25.1 Å². The zero-order valence-electron chi connectivity index (χ0n) is 12.7. The fourth-order valence-corrected chi connectivity index (χ4v) is 3.02. The van der Waals surface area contributed by atoms with Crippen molar-refractivity contribution in [2.45, 2.75) is 24.4 Å². The Labute approximate surface area is 139 Å². The molecule has 1 fully saturated rings. The first-order valence-corrected chi connectivity index (χ1v) is 7.42. The van der Waals surface area contributed by atoms with Gasteiger partial charge in [0.15, 0.2) is 6.10 Å². The van der Waals surface area contributed by atoms with Gasteiger partial charge in [0.25, 0.3) is 0 Å². The molecule has 1 saturated heterocycles. The maximum Gasteiger partial charge on any atom is 0.320 e. The van der Waals surface area contributed by atoms with Crippen LogP contribution >= 0.6 is 0 Å². The number of furan rings is 1. The van der Waals surface area contributed by atoms with Crippen LogP contribution in [-0.2, 0) is 4.74 Å². The topological polar surface area (TPSA) is 120 Å². The van der Waals surface area contributed by atoms with Crippen molar-refractivity contribution in [3.63, 3.8) is 0 Å². The maximum atomic E-state index is 14.5. The van der Waals surface area contributed by atoms with Crippen LogP contribution in [0.4, 0.5) is 14.6 Å². The molecule has 0 unspecified atom stereocenters. The second-order valence-corrected chi connectivity index (χ2v) is 5.71. The first-order valence-electron chi connectivity index (χ1n) is 7.42. The lowest BCUT2D eigenvalue weighted by atomic mass is 10.1. The molecule has 4 N–H and O–H groups in total. The summed E-state index contributed by atoms with van der Waals surface area (Å²) in [4.78, 5) is 7.93. The molecule has 0 amide bonds. The normalized spacial score (nSPS) is 25.7. The van der Waals surface area contributed by atoms with E-state index < -0.39 is 31.0 Å². The van der Waals surface area contributed by atoms with Crippen molar-refractivity contribution in [3.05, 3.63) is 30.9 Å². The summed E-state index contributed by atoms with van der Waals surface area (Å²) in [5.41, 5.74) is 6.42. The Balaban J connectivity index is 1.93. The van der Waals surface area contributed by atoms with Gasteiger partial charge in [-0.15, -0.1) is 0 Å². The van der Waals surface area contributed by atoms with Gasteiger partial charge in [-0.1, -0.05) is 0 Å². The van der Waals surface area contributed by atoms with Crippen molar-refractivity contribution in [2.24, 2.45) is 0 Å². The fraction of sp³-hybridized carbons (Fsp3) is 0.333. The van der Waals surface area contributed by atoms with Gasteiger partial charge in [-0.2, -0.15) is 8.78 Å². The number of hydrogen-bond donors (Lipinski definition) is 3. The standard InChI is InChI=1S/C15H14F2N4O4/c16-15(17)11(23)9(5-22)25-14(15)21-4-7(8-2-1-3-24-8)10-12(18)19-6-20-13(10)21/h1-4,6,9,11,14,22-23H,5H2,(H2,18,19,20)/t9-,11-,14+/m1/s1. The van der Waals surface area contributed by atoms with Gasteiger partial charge in [0.1, 0.15) is 29.7 Å². The predicted octanol–water partition coefficient (Wildman–Crippen LogP) is 1.16. The maximum absolute atomic E-state index is 14.5. The minimum atomic E-state index is -3.64. The number of halogens is 2. The van der Waals surface area contributed by atoms with Crippen LogP contribution in [0.2, 0.25) is 0 Å². The van der Waals surface area contributed by atoms with Crippen LogP contribution in [0.1, 0.15) is 6.23 Å². The molecule has 3 aromatic heterocycles. The van der Waals surface area contributed by atoms with Crippen LogP contribution in [0.25, 0.3) is 22.4 Å². The molecule has 0 bridgehead atoms. The van der Waals surface area contributed by atoms with Gasteiger partial charge in [-0.3, -0.25) is 4.57 Å². The Morgan fingerprint density at radius 1 is 1.36 bits per heavy atom. The van der Waals surface area contributed by atoms with Crippen LogP contribution in [0.15, 0.2) is 35.3 Å². The van der Waals surface area contributed by atoms with Crippen molar-refractivity contribution in [3.8, 4) is 11.3 Å². The van der Waals surface area contributed by atoms with E-state index in [1.165, 1.54) is 12.5 Å². The van der Waals surface area contributed by atoms with E-state index >= 15 is 0 Å². The van der Waals surface area contributed by atoms with Crippen molar-refractivity contribution in [1.29, 1.82) is 0 Å². The van der Waals surface area contributed by atoms with Crippen LogP contribution in [-0.4, -0.2) is 49.5 Å². The monoisotopic (exact) mass is 352 g/mol. The number of nitrogens with zero attached hydrogens (tertiary/aromatic N) is 3. The SMILES string of the molecule is Nc1ncnc2c1c(-c1ccco1)cn2[C@H]1O[C@H](CO)[C@@H](O)C1(F)F. The van der Waals surface area contributed by atoms with E-state index in [1.807, 2.05) is 0 Å². The number of rotatable bonds is 3. The van der Waals surface area contributed by atoms with E-state index in [9.17, 15) is 13.9 Å². The molecule has 132 valence electrons. The van der Waals surface area contributed by atoms with Crippen LogP contribution < -0.4 is 5.73 Å². The third-order valence-corrected chi connectivity index (χ3v) is 4.24. The molecule has 25 heavy (non-hydrogen) atoms. The van der Waals surface area contributed by atoms with Gasteiger partial charge in [0.2, 0.25) is 6.23 Å². The number of hydrogen-bond acceptors (Lipinski definition) is 7. The molecule has 4 heterocycles. The van der Waals surface area contributed by atoms with E-state index in [0.29, 0.717) is 16.7 Å². The molecule has 0 aromatic carbocycles. The molecule has 8 nitrogen and oxygen atoms in total. The molecule has 3 aromatic rings. The smallest absolute Gasteiger partial charge is 0.320 e. The minimum absolute atomic E-state index is 0.0933. The predicted molar refractivity (Wildman–Crippen MR) is 81.6 cm³/mol. The highest BCUT2D eigenvalue weighted by Crippen LogP contribution is 2.45. The molecule has 0 saturated carbocycles. The molecule has 4 rings (SSSR count). The van der Waals surface area contributed by atoms with Crippen molar-refractivity contribution in [1.82, 2.24) is 14.5 Å². The highest BCUT2D eigenvalue weighted by Gasteiger charge is 2.59. The molecular formula is C15H14F2N4O4. The summed E-state index contributed by atoms with van der Waals surface area (Å²) < 4.78 is 40.6. The Bertz CT molecular complexity index is 912. The number of aliphatic hydroxyl groups excluding tert-OH is 2. The number of alkyl halides is 2. The Morgan fingerprint density at radius 3 is 2.80 bits per heavy atom. The second kappa shape index (κ2) is 5.48. The number of fused-ring (bicyclic) bond motifs is 1. The zero-order chi connectivity index (χ0) is 17.8. The lowest BCUT2D eigenvalue weighted by molar-refractivity contribution is -0.137. The van der Waals surface area contributed by atoms with Gasteiger partial charge in [-0.05, 0) is 12.1 Å². The molecule has 10 heteroatoms. The summed E-state index contributed by atoms with van der Waals surface area (Å²) in [6.07, 6.45) is -1.48. The second-order valence-electron chi connectivity index (χ2n) is 5.71. The number of nitrogen functional groups attached to an aromatic ring is 1. The summed E-state index contributed by atoms with van der Waals surface area (Å²) >= 11 is 0. The summed E-state index contributed by atoms with van der Waals surface area (Å²) in [7, 11) is 0. The van der Waals surface area contributed by atoms with Crippen molar-refractivity contribution in [2.75, 3.05) is 12.3 Å².